The lowest BCUT2D eigenvalue weighted by Gasteiger charge is -2.14. The molecule has 1 heterocycles. The van der Waals surface area contributed by atoms with E-state index in [0.717, 1.165) is 26.9 Å². The molecule has 1 amide bonds. The van der Waals surface area contributed by atoms with Gasteiger partial charge in [-0.25, -0.2) is 9.37 Å². The largest absolute Gasteiger partial charge is 0.280 e. The number of aromatic nitrogens is 1. The molecule has 6 heteroatoms. The van der Waals surface area contributed by atoms with Gasteiger partial charge in [-0.15, -0.1) is 0 Å². The number of aryl methyl sites for hydroxylation is 1. The molecule has 1 aromatic heterocycles. The lowest BCUT2D eigenvalue weighted by molar-refractivity contribution is 0.0988. The first-order valence-corrected chi connectivity index (χ1v) is 11.6. The summed E-state index contributed by atoms with van der Waals surface area (Å²) in [5, 5.41) is 6.23. The van der Waals surface area contributed by atoms with E-state index < -0.39 is 0 Å². The molecular weight excluding hydrogens is 445 g/mol. The first-order chi connectivity index (χ1) is 16.6. The number of benzene rings is 4. The molecule has 0 aliphatic rings. The van der Waals surface area contributed by atoms with Crippen molar-refractivity contribution in [2.24, 2.45) is 5.10 Å². The minimum atomic E-state index is -0.329. The Kier molecular flexibility index (Phi) is 5.97. The SMILES string of the molecule is Cc1ccc2nc(N(/N=C/c3ccc(F)cc3)C(=O)c3ccc(-c4ccccc4)cc3)sc2c1. The third-order valence-corrected chi connectivity index (χ3v) is 6.33. The fraction of sp³-hybridized carbons (Fsp3) is 0.0357. The van der Waals surface area contributed by atoms with Crippen LogP contribution >= 0.6 is 11.3 Å². The van der Waals surface area contributed by atoms with E-state index in [1.807, 2.05) is 67.6 Å². The second kappa shape index (κ2) is 9.37. The normalized spacial score (nSPS) is 11.2. The van der Waals surface area contributed by atoms with Gasteiger partial charge in [-0.05, 0) is 65.6 Å². The number of halogens is 1. The van der Waals surface area contributed by atoms with E-state index in [1.54, 1.807) is 24.3 Å². The van der Waals surface area contributed by atoms with Crippen LogP contribution < -0.4 is 5.01 Å². The summed E-state index contributed by atoms with van der Waals surface area (Å²) in [5.41, 5.74) is 5.19. The molecule has 0 aliphatic carbocycles. The Labute approximate surface area is 200 Å². The van der Waals surface area contributed by atoms with Crippen molar-refractivity contribution in [2.75, 3.05) is 5.01 Å². The van der Waals surface area contributed by atoms with Gasteiger partial charge in [0.15, 0.2) is 0 Å². The second-order valence-corrected chi connectivity index (χ2v) is 8.83. The van der Waals surface area contributed by atoms with Crippen LogP contribution in [0.2, 0.25) is 0 Å². The van der Waals surface area contributed by atoms with Gasteiger partial charge in [0.05, 0.1) is 16.4 Å². The fourth-order valence-electron chi connectivity index (χ4n) is 3.53. The maximum atomic E-state index is 13.5. The van der Waals surface area contributed by atoms with Crippen molar-refractivity contribution in [1.82, 2.24) is 4.98 Å². The zero-order valence-corrected chi connectivity index (χ0v) is 19.2. The molecule has 0 bridgehead atoms. The molecule has 4 aromatic carbocycles. The van der Waals surface area contributed by atoms with Crippen molar-refractivity contribution in [3.63, 3.8) is 0 Å². The van der Waals surface area contributed by atoms with Gasteiger partial charge in [0.2, 0.25) is 5.13 Å². The van der Waals surface area contributed by atoms with Gasteiger partial charge >= 0.3 is 0 Å². The predicted molar refractivity (Wildman–Crippen MR) is 137 cm³/mol. The van der Waals surface area contributed by atoms with Gasteiger partial charge in [-0.1, -0.05) is 72.0 Å². The van der Waals surface area contributed by atoms with Crippen molar-refractivity contribution in [1.29, 1.82) is 0 Å². The van der Waals surface area contributed by atoms with Gasteiger partial charge in [-0.2, -0.15) is 10.1 Å². The fourth-order valence-corrected chi connectivity index (χ4v) is 4.55. The minimum Gasteiger partial charge on any atom is -0.267 e. The summed E-state index contributed by atoms with van der Waals surface area (Å²) < 4.78 is 14.3. The van der Waals surface area contributed by atoms with Crippen LogP contribution in [0.3, 0.4) is 0 Å². The average Bonchev–Trinajstić information content (AvgIpc) is 3.28. The van der Waals surface area contributed by atoms with Crippen LogP contribution in [0.4, 0.5) is 9.52 Å². The molecule has 0 aliphatic heterocycles. The van der Waals surface area contributed by atoms with Crippen LogP contribution in [0.25, 0.3) is 21.3 Å². The molecule has 5 aromatic rings. The first kappa shape index (κ1) is 21.7. The number of hydrogen-bond acceptors (Lipinski definition) is 4. The van der Waals surface area contributed by atoms with Gasteiger partial charge in [0, 0.05) is 5.56 Å². The Morgan fingerprint density at radius 1 is 0.912 bits per heavy atom. The van der Waals surface area contributed by atoms with Crippen LogP contribution in [0.15, 0.2) is 102 Å². The summed E-state index contributed by atoms with van der Waals surface area (Å²) in [6, 6.07) is 29.3. The third-order valence-electron chi connectivity index (χ3n) is 5.34. The van der Waals surface area contributed by atoms with Gasteiger partial charge in [0.1, 0.15) is 5.82 Å². The Hall–Kier alpha value is -4.16. The highest BCUT2D eigenvalue weighted by molar-refractivity contribution is 7.22. The number of anilines is 1. The molecular formula is C28H20FN3OS. The number of fused-ring (bicyclic) bond motifs is 1. The maximum absolute atomic E-state index is 13.5. The molecule has 0 unspecified atom stereocenters. The number of thiazole rings is 1. The summed E-state index contributed by atoms with van der Waals surface area (Å²) in [6.07, 6.45) is 1.53. The van der Waals surface area contributed by atoms with Crippen molar-refractivity contribution < 1.29 is 9.18 Å². The highest BCUT2D eigenvalue weighted by Gasteiger charge is 2.21. The maximum Gasteiger partial charge on any atom is 0.280 e. The minimum absolute atomic E-state index is 0.297. The molecule has 166 valence electrons. The molecule has 0 fully saturated rings. The van der Waals surface area contributed by atoms with E-state index in [0.29, 0.717) is 16.3 Å². The number of hydrogen-bond donors (Lipinski definition) is 0. The molecule has 0 radical (unpaired) electrons. The second-order valence-electron chi connectivity index (χ2n) is 7.82. The molecule has 0 saturated carbocycles. The number of hydrazone groups is 1. The van der Waals surface area contributed by atoms with Crippen molar-refractivity contribution in [3.8, 4) is 11.1 Å². The monoisotopic (exact) mass is 465 g/mol. The number of carbonyl (C=O) groups excluding carboxylic acids is 1. The summed E-state index contributed by atoms with van der Waals surface area (Å²) in [4.78, 5) is 18.2. The highest BCUT2D eigenvalue weighted by atomic mass is 32.1. The Balaban J connectivity index is 1.51. The van der Waals surface area contributed by atoms with Crippen LogP contribution in [-0.2, 0) is 0 Å². The summed E-state index contributed by atoms with van der Waals surface area (Å²) in [5.74, 6) is -0.626. The summed E-state index contributed by atoms with van der Waals surface area (Å²) in [7, 11) is 0. The van der Waals surface area contributed by atoms with Crippen LogP contribution in [0.1, 0.15) is 21.5 Å². The van der Waals surface area contributed by atoms with Crippen molar-refractivity contribution >= 4 is 38.8 Å². The lowest BCUT2D eigenvalue weighted by Crippen LogP contribution is -2.25. The van der Waals surface area contributed by atoms with Crippen molar-refractivity contribution in [2.45, 2.75) is 6.92 Å². The summed E-state index contributed by atoms with van der Waals surface area (Å²) in [6.45, 7) is 2.02. The van der Waals surface area contributed by atoms with E-state index in [2.05, 4.69) is 10.1 Å². The van der Waals surface area contributed by atoms with Crippen LogP contribution in [-0.4, -0.2) is 17.1 Å². The molecule has 34 heavy (non-hydrogen) atoms. The average molecular weight is 466 g/mol. The number of nitrogens with zero attached hydrogens (tertiary/aromatic N) is 3. The predicted octanol–water partition coefficient (Wildman–Crippen LogP) is 7.09. The summed E-state index contributed by atoms with van der Waals surface area (Å²) >= 11 is 1.40. The van der Waals surface area contributed by atoms with E-state index in [9.17, 15) is 9.18 Å². The van der Waals surface area contributed by atoms with Crippen LogP contribution in [0, 0.1) is 12.7 Å². The lowest BCUT2D eigenvalue weighted by atomic mass is 10.0. The zero-order valence-electron chi connectivity index (χ0n) is 18.4. The van der Waals surface area contributed by atoms with Gasteiger partial charge in [0.25, 0.3) is 5.91 Å². The number of amides is 1. The van der Waals surface area contributed by atoms with E-state index >= 15 is 0 Å². The topological polar surface area (TPSA) is 45.6 Å². The Morgan fingerprint density at radius 3 is 2.35 bits per heavy atom. The number of rotatable bonds is 5. The van der Waals surface area contributed by atoms with Crippen LogP contribution in [0.5, 0.6) is 0 Å². The molecule has 4 nitrogen and oxygen atoms in total. The molecule has 0 spiro atoms. The Bertz CT molecular complexity index is 1480. The Morgan fingerprint density at radius 2 is 1.62 bits per heavy atom. The van der Waals surface area contributed by atoms with Crippen molar-refractivity contribution in [3.05, 3.63) is 120 Å². The van der Waals surface area contributed by atoms with E-state index in [-0.39, 0.29) is 11.7 Å². The molecule has 0 N–H and O–H groups in total. The molecule has 0 atom stereocenters. The smallest absolute Gasteiger partial charge is 0.267 e. The third kappa shape index (κ3) is 4.63. The molecule has 0 saturated heterocycles. The standard InChI is InChI=1S/C28H20FN3OS/c1-19-7-16-25-26(17-19)34-28(31-25)32(30-18-20-8-14-24(29)15-9-20)27(33)23-12-10-22(11-13-23)21-5-3-2-4-6-21/h2-18H,1H3/b30-18+. The van der Waals surface area contributed by atoms with E-state index in [1.165, 1.54) is 34.7 Å². The first-order valence-electron chi connectivity index (χ1n) is 10.7. The number of carbonyl (C=O) groups is 1. The van der Waals surface area contributed by atoms with Gasteiger partial charge in [-0.3, -0.25) is 4.79 Å². The zero-order chi connectivity index (χ0) is 23.5. The van der Waals surface area contributed by atoms with Gasteiger partial charge < -0.3 is 0 Å². The molecule has 5 rings (SSSR count). The highest BCUT2D eigenvalue weighted by Crippen LogP contribution is 2.31. The van der Waals surface area contributed by atoms with E-state index in [4.69, 9.17) is 0 Å². The quantitative estimate of drug-likeness (QED) is 0.205.